The highest BCUT2D eigenvalue weighted by Gasteiger charge is 2.10. The Bertz CT molecular complexity index is 379. The summed E-state index contributed by atoms with van der Waals surface area (Å²) in [7, 11) is 0. The number of nitroso groups, excluding NO2 is 1. The van der Waals surface area contributed by atoms with Gasteiger partial charge >= 0.3 is 0 Å². The maximum Gasteiger partial charge on any atom is 0.296 e. The molecule has 5 nitrogen and oxygen atoms in total. The molecular weight excluding hydrogens is 194 g/mol. The fourth-order valence-corrected chi connectivity index (χ4v) is 1.56. The van der Waals surface area contributed by atoms with Gasteiger partial charge in [0, 0.05) is 6.54 Å². The molecule has 0 atom stereocenters. The third-order valence-electron chi connectivity index (χ3n) is 2.43. The molecule has 15 heavy (non-hydrogen) atoms. The molecule has 0 aliphatic carbocycles. The number of nitrogens with zero attached hydrogens (tertiary/aromatic N) is 2. The molecular formula is C10H17N3O2. The normalized spacial score (nSPS) is 10.5. The van der Waals surface area contributed by atoms with Crippen molar-refractivity contribution >= 4 is 5.69 Å². The minimum atomic E-state index is -0.306. The van der Waals surface area contributed by atoms with Gasteiger partial charge in [-0.15, -0.1) is 4.91 Å². The lowest BCUT2D eigenvalue weighted by molar-refractivity contribution is 0.528. The van der Waals surface area contributed by atoms with Crippen molar-refractivity contribution in [1.82, 2.24) is 9.78 Å². The average Bonchev–Trinajstić information content (AvgIpc) is 2.49. The van der Waals surface area contributed by atoms with Gasteiger partial charge in [-0.1, -0.05) is 26.2 Å². The van der Waals surface area contributed by atoms with Crippen LogP contribution in [-0.2, 0) is 6.54 Å². The molecule has 0 aromatic carbocycles. The van der Waals surface area contributed by atoms with Crippen LogP contribution in [0.2, 0.25) is 0 Å². The van der Waals surface area contributed by atoms with Crippen LogP contribution >= 0.6 is 0 Å². The molecule has 0 saturated heterocycles. The van der Waals surface area contributed by atoms with E-state index in [0.29, 0.717) is 12.2 Å². The molecule has 1 aromatic heterocycles. The Morgan fingerprint density at radius 2 is 2.07 bits per heavy atom. The number of H-pyrrole nitrogens is 1. The first-order chi connectivity index (χ1) is 7.20. The average molecular weight is 211 g/mol. The molecule has 0 fully saturated rings. The second-order valence-electron chi connectivity index (χ2n) is 3.69. The number of unbranched alkanes of at least 4 members (excludes halogenated alkanes) is 3. The van der Waals surface area contributed by atoms with Crippen LogP contribution in [0.3, 0.4) is 0 Å². The Kier molecular flexibility index (Phi) is 4.27. The van der Waals surface area contributed by atoms with Crippen LogP contribution < -0.4 is 5.56 Å². The van der Waals surface area contributed by atoms with Crippen molar-refractivity contribution in [3.05, 3.63) is 21.0 Å². The van der Waals surface area contributed by atoms with Gasteiger partial charge in [0.1, 0.15) is 0 Å². The Hall–Kier alpha value is -1.39. The van der Waals surface area contributed by atoms with Gasteiger partial charge in [-0.3, -0.25) is 14.6 Å². The largest absolute Gasteiger partial charge is 0.298 e. The first kappa shape index (κ1) is 11.7. The molecule has 0 unspecified atom stereocenters. The van der Waals surface area contributed by atoms with Crippen molar-refractivity contribution < 1.29 is 0 Å². The van der Waals surface area contributed by atoms with E-state index in [9.17, 15) is 9.70 Å². The third-order valence-corrected chi connectivity index (χ3v) is 2.43. The van der Waals surface area contributed by atoms with Crippen molar-refractivity contribution in [2.24, 2.45) is 5.18 Å². The molecule has 0 bridgehead atoms. The number of aryl methyl sites for hydroxylation is 2. The Labute approximate surface area is 88.4 Å². The monoisotopic (exact) mass is 211 g/mol. The molecule has 0 amide bonds. The van der Waals surface area contributed by atoms with Crippen LogP contribution in [0.15, 0.2) is 9.97 Å². The van der Waals surface area contributed by atoms with Crippen LogP contribution in [0.4, 0.5) is 5.69 Å². The van der Waals surface area contributed by atoms with Gasteiger partial charge in [0.25, 0.3) is 5.56 Å². The molecule has 0 spiro atoms. The van der Waals surface area contributed by atoms with E-state index in [2.05, 4.69) is 17.2 Å². The Morgan fingerprint density at radius 3 is 2.60 bits per heavy atom. The van der Waals surface area contributed by atoms with Crippen LogP contribution in [0.25, 0.3) is 0 Å². The smallest absolute Gasteiger partial charge is 0.296 e. The van der Waals surface area contributed by atoms with Crippen LogP contribution in [0.5, 0.6) is 0 Å². The fourth-order valence-electron chi connectivity index (χ4n) is 1.56. The summed E-state index contributed by atoms with van der Waals surface area (Å²) in [6, 6.07) is 0. The highest BCUT2D eigenvalue weighted by Crippen LogP contribution is 2.09. The van der Waals surface area contributed by atoms with Crippen LogP contribution in [0.1, 0.15) is 38.3 Å². The van der Waals surface area contributed by atoms with E-state index in [1.807, 2.05) is 0 Å². The van der Waals surface area contributed by atoms with Gasteiger partial charge < -0.3 is 0 Å². The highest BCUT2D eigenvalue weighted by atomic mass is 16.3. The summed E-state index contributed by atoms with van der Waals surface area (Å²) in [5.74, 6) is 0. The van der Waals surface area contributed by atoms with Crippen molar-refractivity contribution in [2.45, 2.75) is 46.1 Å². The molecule has 0 aliphatic rings. The summed E-state index contributed by atoms with van der Waals surface area (Å²) in [6.45, 7) is 4.45. The number of aromatic amines is 1. The van der Waals surface area contributed by atoms with Crippen molar-refractivity contribution in [2.75, 3.05) is 0 Å². The minimum absolute atomic E-state index is 0.00508. The number of nitrogens with one attached hydrogen (secondary N) is 1. The predicted molar refractivity (Wildman–Crippen MR) is 59.4 cm³/mol. The van der Waals surface area contributed by atoms with Gasteiger partial charge in [0.05, 0.1) is 5.69 Å². The minimum Gasteiger partial charge on any atom is -0.298 e. The maximum atomic E-state index is 11.5. The zero-order chi connectivity index (χ0) is 11.3. The van der Waals surface area contributed by atoms with E-state index in [1.165, 1.54) is 17.5 Å². The van der Waals surface area contributed by atoms with Crippen LogP contribution in [-0.4, -0.2) is 9.78 Å². The van der Waals surface area contributed by atoms with Crippen LogP contribution in [0, 0.1) is 11.8 Å². The van der Waals surface area contributed by atoms with Gasteiger partial charge in [0.2, 0.25) is 0 Å². The second kappa shape index (κ2) is 5.48. The molecule has 1 heterocycles. The number of hydrogen-bond acceptors (Lipinski definition) is 3. The van der Waals surface area contributed by atoms with E-state index in [4.69, 9.17) is 0 Å². The summed E-state index contributed by atoms with van der Waals surface area (Å²) >= 11 is 0. The number of aromatic nitrogens is 2. The van der Waals surface area contributed by atoms with Gasteiger partial charge in [-0.2, -0.15) is 0 Å². The van der Waals surface area contributed by atoms with Crippen molar-refractivity contribution in [3.8, 4) is 0 Å². The summed E-state index contributed by atoms with van der Waals surface area (Å²) in [4.78, 5) is 21.9. The zero-order valence-electron chi connectivity index (χ0n) is 9.25. The molecule has 1 aromatic rings. The first-order valence-corrected chi connectivity index (χ1v) is 5.33. The molecule has 1 N–H and O–H groups in total. The molecule has 5 heteroatoms. The van der Waals surface area contributed by atoms with Gasteiger partial charge in [-0.05, 0) is 18.5 Å². The van der Waals surface area contributed by atoms with E-state index >= 15 is 0 Å². The lowest BCUT2D eigenvalue weighted by atomic mass is 10.2. The zero-order valence-corrected chi connectivity index (χ0v) is 9.25. The van der Waals surface area contributed by atoms with E-state index < -0.39 is 0 Å². The summed E-state index contributed by atoms with van der Waals surface area (Å²) < 4.78 is 1.46. The van der Waals surface area contributed by atoms with Gasteiger partial charge in [0.15, 0.2) is 5.69 Å². The maximum absolute atomic E-state index is 11.5. The van der Waals surface area contributed by atoms with E-state index in [0.717, 1.165) is 12.8 Å². The summed E-state index contributed by atoms with van der Waals surface area (Å²) in [5.41, 5.74) is 0.245. The quantitative estimate of drug-likeness (QED) is 0.580. The summed E-state index contributed by atoms with van der Waals surface area (Å²) in [6.07, 6.45) is 4.39. The molecule has 84 valence electrons. The third kappa shape index (κ3) is 2.78. The van der Waals surface area contributed by atoms with E-state index in [-0.39, 0.29) is 11.2 Å². The lowest BCUT2D eigenvalue weighted by Gasteiger charge is -2.00. The Morgan fingerprint density at radius 1 is 1.33 bits per heavy atom. The number of hydrogen-bond donors (Lipinski definition) is 1. The standard InChI is InChI=1S/C10H17N3O2/c1-3-4-5-6-7-13-10(14)9(12-15)8(2)11-13/h11H,3-7H2,1-2H3. The van der Waals surface area contributed by atoms with E-state index in [1.54, 1.807) is 6.92 Å². The number of rotatable bonds is 6. The van der Waals surface area contributed by atoms with Crippen molar-refractivity contribution in [3.63, 3.8) is 0 Å². The summed E-state index contributed by atoms with van der Waals surface area (Å²) in [5, 5.41) is 5.57. The Balaban J connectivity index is 2.62. The molecule has 0 saturated carbocycles. The topological polar surface area (TPSA) is 67.2 Å². The highest BCUT2D eigenvalue weighted by molar-refractivity contribution is 5.38. The van der Waals surface area contributed by atoms with Gasteiger partial charge in [-0.25, -0.2) is 0 Å². The van der Waals surface area contributed by atoms with Crippen molar-refractivity contribution in [1.29, 1.82) is 0 Å². The second-order valence-corrected chi connectivity index (χ2v) is 3.69. The predicted octanol–water partition coefficient (Wildman–Crippen LogP) is 2.46. The molecule has 0 aliphatic heterocycles. The first-order valence-electron chi connectivity index (χ1n) is 5.33. The lowest BCUT2D eigenvalue weighted by Crippen LogP contribution is -2.16. The molecule has 1 rings (SSSR count). The fraction of sp³-hybridized carbons (Fsp3) is 0.700. The SMILES string of the molecule is CCCCCCn1[nH]c(C)c(N=O)c1=O. The molecule has 0 radical (unpaired) electrons.